The van der Waals surface area contributed by atoms with E-state index in [1.54, 1.807) is 0 Å². The molecule has 0 amide bonds. The van der Waals surface area contributed by atoms with Crippen molar-refractivity contribution in [2.45, 2.75) is 38.7 Å². The second-order valence-electron chi connectivity index (χ2n) is 6.04. The Hall–Kier alpha value is -1.79. The molecule has 1 aliphatic rings. The average Bonchev–Trinajstić information content (AvgIpc) is 2.91. The summed E-state index contributed by atoms with van der Waals surface area (Å²) in [6.07, 6.45) is 2.62. The van der Waals surface area contributed by atoms with Crippen LogP contribution in [-0.2, 0) is 0 Å². The molecular formula is C17H19NO2. The Morgan fingerprint density at radius 2 is 2.05 bits per heavy atom. The standard InChI is InChI=1S/C17H19NO2/c1-12-6-8-17(11-18,9-7-12)16(19)15-10-13-4-2-3-5-14(13)20-15/h2-5,10,12,16,19H,6-9H2,1H3. The van der Waals surface area contributed by atoms with Crippen LogP contribution in [0.15, 0.2) is 34.7 Å². The highest BCUT2D eigenvalue weighted by atomic mass is 16.4. The summed E-state index contributed by atoms with van der Waals surface area (Å²) >= 11 is 0. The van der Waals surface area contributed by atoms with Gasteiger partial charge in [0.2, 0.25) is 0 Å². The highest BCUT2D eigenvalue weighted by Gasteiger charge is 2.43. The van der Waals surface area contributed by atoms with Gasteiger partial charge in [-0.1, -0.05) is 25.1 Å². The molecule has 1 saturated carbocycles. The van der Waals surface area contributed by atoms with Crippen molar-refractivity contribution in [3.63, 3.8) is 0 Å². The number of fused-ring (bicyclic) bond motifs is 1. The van der Waals surface area contributed by atoms with Crippen LogP contribution >= 0.6 is 0 Å². The lowest BCUT2D eigenvalue weighted by atomic mass is 9.68. The van der Waals surface area contributed by atoms with Crippen molar-refractivity contribution in [3.05, 3.63) is 36.1 Å². The van der Waals surface area contributed by atoms with Gasteiger partial charge in [-0.2, -0.15) is 5.26 Å². The zero-order chi connectivity index (χ0) is 14.2. The van der Waals surface area contributed by atoms with Crippen molar-refractivity contribution in [3.8, 4) is 6.07 Å². The van der Waals surface area contributed by atoms with Crippen LogP contribution in [0.4, 0.5) is 0 Å². The van der Waals surface area contributed by atoms with E-state index < -0.39 is 11.5 Å². The third kappa shape index (κ3) is 2.10. The summed E-state index contributed by atoms with van der Waals surface area (Å²) < 4.78 is 5.74. The maximum atomic E-state index is 10.7. The summed E-state index contributed by atoms with van der Waals surface area (Å²) in [5, 5.41) is 21.2. The van der Waals surface area contributed by atoms with Crippen LogP contribution in [0.5, 0.6) is 0 Å². The molecule has 1 unspecified atom stereocenters. The molecule has 1 aromatic carbocycles. The fraction of sp³-hybridized carbons (Fsp3) is 0.471. The summed E-state index contributed by atoms with van der Waals surface area (Å²) in [4.78, 5) is 0. The minimum atomic E-state index is -0.840. The van der Waals surface area contributed by atoms with Crippen molar-refractivity contribution in [1.82, 2.24) is 0 Å². The van der Waals surface area contributed by atoms with E-state index in [9.17, 15) is 10.4 Å². The van der Waals surface area contributed by atoms with E-state index in [-0.39, 0.29) is 0 Å². The van der Waals surface area contributed by atoms with Gasteiger partial charge in [0.1, 0.15) is 17.4 Å². The molecule has 0 aliphatic heterocycles. The van der Waals surface area contributed by atoms with Crippen molar-refractivity contribution in [2.24, 2.45) is 11.3 Å². The number of benzene rings is 1. The van der Waals surface area contributed by atoms with E-state index in [1.165, 1.54) is 0 Å². The minimum Gasteiger partial charge on any atom is -0.458 e. The molecule has 0 saturated heterocycles. The van der Waals surface area contributed by atoms with Crippen LogP contribution < -0.4 is 0 Å². The van der Waals surface area contributed by atoms with Crippen LogP contribution in [0.25, 0.3) is 11.0 Å². The van der Waals surface area contributed by atoms with Gasteiger partial charge in [0.15, 0.2) is 0 Å². The zero-order valence-electron chi connectivity index (χ0n) is 11.7. The SMILES string of the molecule is CC1CCC(C#N)(C(O)c2cc3ccccc3o2)CC1. The number of hydrogen-bond donors (Lipinski definition) is 1. The van der Waals surface area contributed by atoms with Crippen LogP contribution in [0.1, 0.15) is 44.5 Å². The predicted molar refractivity (Wildman–Crippen MR) is 76.9 cm³/mol. The number of nitriles is 1. The van der Waals surface area contributed by atoms with Gasteiger partial charge in [0, 0.05) is 5.39 Å². The van der Waals surface area contributed by atoms with Crippen LogP contribution in [0, 0.1) is 22.7 Å². The second kappa shape index (κ2) is 4.96. The van der Waals surface area contributed by atoms with Crippen LogP contribution in [-0.4, -0.2) is 5.11 Å². The maximum Gasteiger partial charge on any atom is 0.135 e. The molecule has 1 aromatic heterocycles. The van der Waals surface area contributed by atoms with E-state index in [0.29, 0.717) is 11.7 Å². The Labute approximate surface area is 118 Å². The highest BCUT2D eigenvalue weighted by Crippen LogP contribution is 2.47. The second-order valence-corrected chi connectivity index (χ2v) is 6.04. The van der Waals surface area contributed by atoms with Gasteiger partial charge < -0.3 is 9.52 Å². The third-order valence-electron chi connectivity index (χ3n) is 4.63. The van der Waals surface area contributed by atoms with Crippen molar-refractivity contribution < 1.29 is 9.52 Å². The van der Waals surface area contributed by atoms with E-state index in [4.69, 9.17) is 4.42 Å². The fourth-order valence-electron chi connectivity index (χ4n) is 3.13. The molecule has 3 rings (SSSR count). The molecule has 1 heterocycles. The zero-order valence-corrected chi connectivity index (χ0v) is 11.7. The lowest BCUT2D eigenvalue weighted by Gasteiger charge is -2.36. The number of aliphatic hydroxyl groups excluding tert-OH is 1. The number of nitrogens with zero attached hydrogens (tertiary/aromatic N) is 1. The normalized spacial score (nSPS) is 28.1. The summed E-state index contributed by atoms with van der Waals surface area (Å²) in [6, 6.07) is 11.9. The van der Waals surface area contributed by atoms with Gasteiger partial charge in [-0.3, -0.25) is 0 Å². The molecule has 1 aliphatic carbocycles. The molecule has 0 radical (unpaired) electrons. The number of rotatable bonds is 2. The molecule has 1 atom stereocenters. The molecule has 0 bridgehead atoms. The maximum absolute atomic E-state index is 10.7. The molecule has 2 aromatic rings. The van der Waals surface area contributed by atoms with Crippen molar-refractivity contribution in [1.29, 1.82) is 5.26 Å². The lowest BCUT2D eigenvalue weighted by molar-refractivity contribution is 0.0127. The fourth-order valence-corrected chi connectivity index (χ4v) is 3.13. The Morgan fingerprint density at radius 3 is 2.70 bits per heavy atom. The third-order valence-corrected chi connectivity index (χ3v) is 4.63. The first kappa shape index (κ1) is 13.2. The van der Waals surface area contributed by atoms with E-state index >= 15 is 0 Å². The molecular weight excluding hydrogens is 250 g/mol. The molecule has 3 heteroatoms. The first-order valence-electron chi connectivity index (χ1n) is 7.22. The van der Waals surface area contributed by atoms with Gasteiger partial charge >= 0.3 is 0 Å². The molecule has 20 heavy (non-hydrogen) atoms. The summed E-state index contributed by atoms with van der Waals surface area (Å²) in [5.41, 5.74) is 0.0687. The molecule has 3 nitrogen and oxygen atoms in total. The first-order valence-corrected chi connectivity index (χ1v) is 7.22. The van der Waals surface area contributed by atoms with E-state index in [1.807, 2.05) is 30.3 Å². The van der Waals surface area contributed by atoms with Gasteiger partial charge in [-0.25, -0.2) is 0 Å². The number of hydrogen-bond acceptors (Lipinski definition) is 3. The first-order chi connectivity index (χ1) is 9.64. The Kier molecular flexibility index (Phi) is 3.27. The van der Waals surface area contributed by atoms with E-state index in [2.05, 4.69) is 13.0 Å². The number of para-hydroxylation sites is 1. The summed E-state index contributed by atoms with van der Waals surface area (Å²) in [6.45, 7) is 2.20. The molecule has 1 N–H and O–H groups in total. The monoisotopic (exact) mass is 269 g/mol. The molecule has 0 spiro atoms. The topological polar surface area (TPSA) is 57.2 Å². The van der Waals surface area contributed by atoms with Gasteiger partial charge in [0.05, 0.1) is 11.5 Å². The Balaban J connectivity index is 1.94. The lowest BCUT2D eigenvalue weighted by Crippen LogP contribution is -2.31. The minimum absolute atomic E-state index is 0.516. The van der Waals surface area contributed by atoms with Crippen LogP contribution in [0.2, 0.25) is 0 Å². The highest BCUT2D eigenvalue weighted by molar-refractivity contribution is 5.77. The van der Waals surface area contributed by atoms with Gasteiger partial charge in [-0.05, 0) is 43.7 Å². The quantitative estimate of drug-likeness (QED) is 0.889. The van der Waals surface area contributed by atoms with E-state index in [0.717, 1.165) is 36.7 Å². The Bertz CT molecular complexity index is 611. The number of furan rings is 1. The molecule has 104 valence electrons. The van der Waals surface area contributed by atoms with Crippen LogP contribution in [0.3, 0.4) is 0 Å². The van der Waals surface area contributed by atoms with Crippen molar-refractivity contribution >= 4 is 11.0 Å². The largest absolute Gasteiger partial charge is 0.458 e. The van der Waals surface area contributed by atoms with Gasteiger partial charge in [0.25, 0.3) is 0 Å². The summed E-state index contributed by atoms with van der Waals surface area (Å²) in [5.74, 6) is 1.15. The van der Waals surface area contributed by atoms with Crippen molar-refractivity contribution in [2.75, 3.05) is 0 Å². The number of aliphatic hydroxyl groups is 1. The smallest absolute Gasteiger partial charge is 0.135 e. The molecule has 1 fully saturated rings. The summed E-state index contributed by atoms with van der Waals surface area (Å²) in [7, 11) is 0. The average molecular weight is 269 g/mol. The Morgan fingerprint density at radius 1 is 1.35 bits per heavy atom. The predicted octanol–water partition coefficient (Wildman–Crippen LogP) is 4.19. The van der Waals surface area contributed by atoms with Gasteiger partial charge in [-0.15, -0.1) is 0 Å².